The SMILES string of the molecule is CC(C)CNc1c(C#N)cnc2c(C#N)cc(N[C@H](C3=CN(C4(C(F)F)CC4)NN3)c3ccnc4c3ccn4C)cc12. The summed E-state index contributed by atoms with van der Waals surface area (Å²) in [7, 11) is 1.91. The Kier molecular flexibility index (Phi) is 6.79. The lowest BCUT2D eigenvalue weighted by molar-refractivity contribution is 0.00911. The molecular weight excluding hydrogens is 538 g/mol. The Balaban J connectivity index is 1.48. The van der Waals surface area contributed by atoms with Gasteiger partial charge in [0.05, 0.1) is 34.1 Å². The van der Waals surface area contributed by atoms with Crippen molar-refractivity contribution >= 4 is 33.3 Å². The van der Waals surface area contributed by atoms with E-state index in [2.05, 4.69) is 57.5 Å². The van der Waals surface area contributed by atoms with E-state index in [0.717, 1.165) is 16.6 Å². The topological polar surface area (TPSA) is 130 Å². The predicted molar refractivity (Wildman–Crippen MR) is 156 cm³/mol. The van der Waals surface area contributed by atoms with Gasteiger partial charge in [-0.3, -0.25) is 9.99 Å². The highest BCUT2D eigenvalue weighted by atomic mass is 19.3. The van der Waals surface area contributed by atoms with Crippen molar-refractivity contribution in [1.82, 2.24) is 30.5 Å². The van der Waals surface area contributed by atoms with Gasteiger partial charge in [0.15, 0.2) is 0 Å². The second-order valence-electron chi connectivity index (χ2n) is 11.2. The van der Waals surface area contributed by atoms with Gasteiger partial charge in [-0.25, -0.2) is 13.8 Å². The van der Waals surface area contributed by atoms with Crippen LogP contribution in [0.5, 0.6) is 0 Å². The lowest BCUT2D eigenvalue weighted by Gasteiger charge is -2.25. The van der Waals surface area contributed by atoms with E-state index in [4.69, 9.17) is 0 Å². The molecule has 1 fully saturated rings. The van der Waals surface area contributed by atoms with Crippen molar-refractivity contribution in [3.63, 3.8) is 0 Å². The van der Waals surface area contributed by atoms with Gasteiger partial charge in [0.25, 0.3) is 6.43 Å². The van der Waals surface area contributed by atoms with Gasteiger partial charge in [0.1, 0.15) is 23.3 Å². The van der Waals surface area contributed by atoms with Gasteiger partial charge in [0.2, 0.25) is 0 Å². The fraction of sp³-hybridized carbons (Fsp3) is 0.333. The number of benzene rings is 1. The van der Waals surface area contributed by atoms with Gasteiger partial charge in [0, 0.05) is 54.8 Å². The molecule has 4 heterocycles. The fourth-order valence-electron chi connectivity index (χ4n) is 5.39. The van der Waals surface area contributed by atoms with E-state index in [1.165, 1.54) is 11.2 Å². The van der Waals surface area contributed by atoms with E-state index < -0.39 is 18.0 Å². The molecular formula is C30H30F2N10. The number of hydrazine groups is 2. The third kappa shape index (κ3) is 4.60. The molecule has 10 nitrogen and oxygen atoms in total. The smallest absolute Gasteiger partial charge is 0.262 e. The maximum Gasteiger partial charge on any atom is 0.262 e. The van der Waals surface area contributed by atoms with E-state index in [0.29, 0.717) is 64.4 Å². The summed E-state index contributed by atoms with van der Waals surface area (Å²) < 4.78 is 29.8. The molecule has 0 unspecified atom stereocenters. The van der Waals surface area contributed by atoms with Crippen molar-refractivity contribution in [2.24, 2.45) is 13.0 Å². The molecule has 1 aromatic carbocycles. The van der Waals surface area contributed by atoms with Crippen LogP contribution in [-0.4, -0.2) is 38.1 Å². The first-order chi connectivity index (χ1) is 20.3. The standard InChI is InChI=1S/C30H30F2N10/c1-17(2)14-36-26-19(13-34)15-37-25-18(12-33)10-20(11-23(25)26)38-27(21-4-8-35-28-22(21)5-9-41(28)3)24-16-42(40-39-24)30(6-7-30)29(31)32/h4-5,8-11,15-17,27,29,38-40H,6-7,14H2,1-3H3,(H,36,37)/t27-/m0/s1. The monoisotopic (exact) mass is 568 g/mol. The van der Waals surface area contributed by atoms with Gasteiger partial charge in [-0.05, 0) is 48.6 Å². The quantitative estimate of drug-likeness (QED) is 0.219. The first-order valence-corrected chi connectivity index (χ1v) is 13.7. The summed E-state index contributed by atoms with van der Waals surface area (Å²) in [5.74, 6) is 0.319. The number of nitrogens with zero attached hydrogens (tertiary/aromatic N) is 6. The number of alkyl halides is 2. The molecule has 0 saturated heterocycles. The molecule has 0 amide bonds. The molecule has 0 spiro atoms. The zero-order valence-electron chi connectivity index (χ0n) is 23.4. The zero-order valence-corrected chi connectivity index (χ0v) is 23.4. The number of aromatic nitrogens is 3. The maximum absolute atomic E-state index is 13.9. The Morgan fingerprint density at radius 3 is 2.57 bits per heavy atom. The number of fused-ring (bicyclic) bond motifs is 2. The van der Waals surface area contributed by atoms with Crippen molar-refractivity contribution in [2.45, 2.75) is 44.7 Å². The first-order valence-electron chi connectivity index (χ1n) is 13.7. The third-order valence-corrected chi connectivity index (χ3v) is 7.87. The Morgan fingerprint density at radius 2 is 1.88 bits per heavy atom. The molecule has 3 aromatic heterocycles. The molecule has 12 heteroatoms. The van der Waals surface area contributed by atoms with Gasteiger partial charge >= 0.3 is 0 Å². The molecule has 1 aliphatic heterocycles. The van der Waals surface area contributed by atoms with E-state index in [9.17, 15) is 19.3 Å². The molecule has 42 heavy (non-hydrogen) atoms. The fourth-order valence-corrected chi connectivity index (χ4v) is 5.39. The van der Waals surface area contributed by atoms with Crippen LogP contribution in [0.2, 0.25) is 0 Å². The first kappa shape index (κ1) is 27.2. The molecule has 1 saturated carbocycles. The highest BCUT2D eigenvalue weighted by molar-refractivity contribution is 5.99. The van der Waals surface area contributed by atoms with Crippen LogP contribution in [0.15, 0.2) is 54.8 Å². The average molecular weight is 569 g/mol. The third-order valence-electron chi connectivity index (χ3n) is 7.87. The predicted octanol–water partition coefficient (Wildman–Crippen LogP) is 5.05. The highest BCUT2D eigenvalue weighted by Gasteiger charge is 2.56. The van der Waals surface area contributed by atoms with Gasteiger partial charge in [-0.1, -0.05) is 13.8 Å². The second kappa shape index (κ2) is 10.5. The number of halogens is 2. The lowest BCUT2D eigenvalue weighted by atomic mass is 10.00. The normalized spacial score (nSPS) is 16.3. The average Bonchev–Trinajstić information content (AvgIpc) is 3.51. The molecule has 4 aromatic rings. The minimum atomic E-state index is -2.51. The Morgan fingerprint density at radius 1 is 1.10 bits per heavy atom. The summed E-state index contributed by atoms with van der Waals surface area (Å²) in [6.45, 7) is 4.77. The van der Waals surface area contributed by atoms with Crippen LogP contribution >= 0.6 is 0 Å². The van der Waals surface area contributed by atoms with Crippen LogP contribution in [0.3, 0.4) is 0 Å². The van der Waals surface area contributed by atoms with Crippen LogP contribution in [0.25, 0.3) is 21.9 Å². The minimum absolute atomic E-state index is 0.319. The number of nitriles is 2. The van der Waals surface area contributed by atoms with Crippen molar-refractivity contribution in [3.05, 3.63) is 71.4 Å². The molecule has 2 aliphatic rings. The molecule has 214 valence electrons. The van der Waals surface area contributed by atoms with E-state index in [-0.39, 0.29) is 0 Å². The highest BCUT2D eigenvalue weighted by Crippen LogP contribution is 2.47. The van der Waals surface area contributed by atoms with E-state index in [1.807, 2.05) is 36.0 Å². The molecule has 1 aliphatic carbocycles. The number of anilines is 2. The number of pyridine rings is 2. The van der Waals surface area contributed by atoms with Crippen LogP contribution in [0, 0.1) is 28.6 Å². The Labute approximate surface area is 241 Å². The van der Waals surface area contributed by atoms with E-state index in [1.54, 1.807) is 18.5 Å². The van der Waals surface area contributed by atoms with Gasteiger partial charge in [-0.15, -0.1) is 5.53 Å². The molecule has 6 rings (SSSR count). The Bertz CT molecular complexity index is 1790. The maximum atomic E-state index is 13.9. The summed E-state index contributed by atoms with van der Waals surface area (Å²) in [4.78, 5) is 8.95. The van der Waals surface area contributed by atoms with Crippen molar-refractivity contribution in [3.8, 4) is 12.1 Å². The van der Waals surface area contributed by atoms with Crippen molar-refractivity contribution < 1.29 is 8.78 Å². The second-order valence-corrected chi connectivity index (χ2v) is 11.2. The number of hydrogen-bond donors (Lipinski definition) is 4. The lowest BCUT2D eigenvalue weighted by Crippen LogP contribution is -2.48. The number of rotatable bonds is 9. The van der Waals surface area contributed by atoms with Gasteiger partial charge < -0.3 is 20.6 Å². The molecule has 4 N–H and O–H groups in total. The molecule has 0 radical (unpaired) electrons. The minimum Gasteiger partial charge on any atom is -0.383 e. The van der Waals surface area contributed by atoms with E-state index >= 15 is 0 Å². The summed E-state index contributed by atoms with van der Waals surface area (Å²) in [6, 6.07) is 11.3. The zero-order chi connectivity index (χ0) is 29.6. The van der Waals surface area contributed by atoms with Crippen molar-refractivity contribution in [2.75, 3.05) is 17.2 Å². The van der Waals surface area contributed by atoms with Crippen LogP contribution in [0.4, 0.5) is 20.2 Å². The van der Waals surface area contributed by atoms with Crippen LogP contribution < -0.4 is 21.6 Å². The van der Waals surface area contributed by atoms with Gasteiger partial charge in [-0.2, -0.15) is 10.5 Å². The Hall–Kier alpha value is -4.94. The summed E-state index contributed by atoms with van der Waals surface area (Å²) >= 11 is 0. The summed E-state index contributed by atoms with van der Waals surface area (Å²) in [5, 5.41) is 29.8. The molecule has 1 atom stereocenters. The largest absolute Gasteiger partial charge is 0.383 e. The number of hydrogen-bond acceptors (Lipinski definition) is 9. The van der Waals surface area contributed by atoms with Crippen LogP contribution in [0.1, 0.15) is 49.4 Å². The number of nitrogens with one attached hydrogen (secondary N) is 4. The summed E-state index contributed by atoms with van der Waals surface area (Å²) in [5.41, 5.74) is 9.47. The number of aryl methyl sites for hydroxylation is 1. The van der Waals surface area contributed by atoms with Crippen LogP contribution in [-0.2, 0) is 7.05 Å². The summed E-state index contributed by atoms with van der Waals surface area (Å²) in [6.07, 6.45) is 5.06. The van der Waals surface area contributed by atoms with Crippen molar-refractivity contribution in [1.29, 1.82) is 10.5 Å². The molecule has 0 bridgehead atoms.